The lowest BCUT2D eigenvalue weighted by molar-refractivity contribution is -0.117. The van der Waals surface area contributed by atoms with Crippen molar-refractivity contribution in [2.75, 3.05) is 11.1 Å². The van der Waals surface area contributed by atoms with E-state index in [2.05, 4.69) is 24.1 Å². The van der Waals surface area contributed by atoms with E-state index < -0.39 is 0 Å². The van der Waals surface area contributed by atoms with Crippen molar-refractivity contribution >= 4 is 17.4 Å². The van der Waals surface area contributed by atoms with Crippen LogP contribution in [0.25, 0.3) is 11.3 Å². The molecule has 0 bridgehead atoms. The second-order valence-electron chi connectivity index (χ2n) is 6.64. The third-order valence-electron chi connectivity index (χ3n) is 4.65. The van der Waals surface area contributed by atoms with Gasteiger partial charge in [-0.2, -0.15) is 0 Å². The molecular weight excluding hydrogens is 300 g/mol. The number of rotatable bonds is 4. The zero-order valence-corrected chi connectivity index (χ0v) is 14.5. The van der Waals surface area contributed by atoms with E-state index in [4.69, 9.17) is 10.7 Å². The number of amides is 1. The topological polar surface area (TPSA) is 80.9 Å². The minimum absolute atomic E-state index is 0.00526. The van der Waals surface area contributed by atoms with Crippen LogP contribution in [0.2, 0.25) is 0 Å². The van der Waals surface area contributed by atoms with Gasteiger partial charge in [-0.15, -0.1) is 0 Å². The summed E-state index contributed by atoms with van der Waals surface area (Å²) >= 11 is 0. The maximum Gasteiger partial charge on any atom is 0.225 e. The van der Waals surface area contributed by atoms with Crippen LogP contribution in [0.5, 0.6) is 0 Å². The van der Waals surface area contributed by atoms with E-state index in [0.717, 1.165) is 47.6 Å². The second-order valence-corrected chi connectivity index (χ2v) is 6.64. The Balaban J connectivity index is 1.89. The summed E-state index contributed by atoms with van der Waals surface area (Å²) < 4.78 is 0. The Morgan fingerprint density at radius 1 is 1.33 bits per heavy atom. The molecule has 1 atom stereocenters. The van der Waals surface area contributed by atoms with Crippen molar-refractivity contribution in [1.29, 1.82) is 0 Å². The van der Waals surface area contributed by atoms with Gasteiger partial charge in [0.25, 0.3) is 0 Å². The molecule has 0 aliphatic heterocycles. The molecule has 5 nitrogen and oxygen atoms in total. The van der Waals surface area contributed by atoms with Gasteiger partial charge in [0.1, 0.15) is 0 Å². The minimum atomic E-state index is 0.00526. The lowest BCUT2D eigenvalue weighted by Crippen LogP contribution is -2.19. The summed E-state index contributed by atoms with van der Waals surface area (Å²) in [6, 6.07) is 5.92. The standard InChI is InChI=1S/C19H24N4O/c1-4-11(2)9-17(24)23-19-12(3)21-18-15-7-6-14(20)10-13(15)5-8-16(18)22-19/h6-7,10-11H,4-5,8-9,20H2,1-3H3,(H,22,23,24). The molecular formula is C19H24N4O. The van der Waals surface area contributed by atoms with Crippen LogP contribution in [0, 0.1) is 12.8 Å². The van der Waals surface area contributed by atoms with Crippen molar-refractivity contribution in [3.8, 4) is 11.3 Å². The van der Waals surface area contributed by atoms with Gasteiger partial charge in [-0.05, 0) is 43.4 Å². The van der Waals surface area contributed by atoms with Gasteiger partial charge in [0.2, 0.25) is 5.91 Å². The van der Waals surface area contributed by atoms with Crippen molar-refractivity contribution in [2.24, 2.45) is 5.92 Å². The quantitative estimate of drug-likeness (QED) is 0.843. The number of nitrogens with one attached hydrogen (secondary N) is 1. The number of nitrogen functional groups attached to an aromatic ring is 1. The van der Waals surface area contributed by atoms with E-state index in [1.165, 1.54) is 5.56 Å². The van der Waals surface area contributed by atoms with Crippen LogP contribution in [-0.2, 0) is 17.6 Å². The predicted molar refractivity (Wildman–Crippen MR) is 96.7 cm³/mol. The average Bonchev–Trinajstić information content (AvgIpc) is 2.55. The summed E-state index contributed by atoms with van der Waals surface area (Å²) in [6.45, 7) is 6.05. The molecule has 1 aliphatic rings. The van der Waals surface area contributed by atoms with Gasteiger partial charge in [0.15, 0.2) is 5.82 Å². The number of anilines is 2. The first-order chi connectivity index (χ1) is 11.5. The van der Waals surface area contributed by atoms with Crippen molar-refractivity contribution in [3.63, 3.8) is 0 Å². The molecule has 0 saturated heterocycles. The minimum Gasteiger partial charge on any atom is -0.399 e. The van der Waals surface area contributed by atoms with E-state index in [1.54, 1.807) is 0 Å². The van der Waals surface area contributed by atoms with E-state index >= 15 is 0 Å². The Morgan fingerprint density at radius 3 is 2.88 bits per heavy atom. The molecule has 24 heavy (non-hydrogen) atoms. The molecule has 126 valence electrons. The number of nitrogens with two attached hydrogens (primary N) is 1. The van der Waals surface area contributed by atoms with Crippen LogP contribution in [-0.4, -0.2) is 15.9 Å². The number of fused-ring (bicyclic) bond motifs is 3. The molecule has 5 heteroatoms. The molecule has 0 fully saturated rings. The van der Waals surface area contributed by atoms with Crippen LogP contribution in [0.3, 0.4) is 0 Å². The van der Waals surface area contributed by atoms with Crippen molar-refractivity contribution in [1.82, 2.24) is 9.97 Å². The third kappa shape index (κ3) is 3.25. The molecule has 3 rings (SSSR count). The monoisotopic (exact) mass is 324 g/mol. The number of carbonyl (C=O) groups excluding carboxylic acids is 1. The SMILES string of the molecule is CCC(C)CC(=O)Nc1nc2c(nc1C)-c1ccc(N)cc1CC2. The molecule has 1 heterocycles. The number of aromatic nitrogens is 2. The molecule has 0 spiro atoms. The van der Waals surface area contributed by atoms with Crippen molar-refractivity contribution < 1.29 is 4.79 Å². The van der Waals surface area contributed by atoms with Crippen molar-refractivity contribution in [2.45, 2.75) is 46.5 Å². The fourth-order valence-corrected chi connectivity index (χ4v) is 3.01. The first kappa shape index (κ1) is 16.4. The fraction of sp³-hybridized carbons (Fsp3) is 0.421. The Bertz CT molecular complexity index is 785. The Kier molecular flexibility index (Phi) is 4.51. The largest absolute Gasteiger partial charge is 0.399 e. The lowest BCUT2D eigenvalue weighted by Gasteiger charge is -2.20. The van der Waals surface area contributed by atoms with Crippen LogP contribution < -0.4 is 11.1 Å². The highest BCUT2D eigenvalue weighted by atomic mass is 16.1. The molecule has 1 aromatic carbocycles. The van der Waals surface area contributed by atoms with Gasteiger partial charge in [0, 0.05) is 17.7 Å². The summed E-state index contributed by atoms with van der Waals surface area (Å²) in [5.41, 5.74) is 11.6. The Hall–Kier alpha value is -2.43. The Labute approximate surface area is 142 Å². The normalized spacial score (nSPS) is 13.8. The number of hydrogen-bond donors (Lipinski definition) is 2. The molecule has 1 aromatic heterocycles. The highest BCUT2D eigenvalue weighted by Crippen LogP contribution is 2.33. The van der Waals surface area contributed by atoms with Gasteiger partial charge >= 0.3 is 0 Å². The number of nitrogens with zero attached hydrogens (tertiary/aromatic N) is 2. The van der Waals surface area contributed by atoms with Gasteiger partial charge < -0.3 is 11.1 Å². The maximum atomic E-state index is 12.1. The Morgan fingerprint density at radius 2 is 2.12 bits per heavy atom. The zero-order chi connectivity index (χ0) is 17.3. The van der Waals surface area contributed by atoms with Gasteiger partial charge in [0.05, 0.1) is 17.1 Å². The molecule has 1 aliphatic carbocycles. The van der Waals surface area contributed by atoms with E-state index in [9.17, 15) is 4.79 Å². The zero-order valence-electron chi connectivity index (χ0n) is 14.5. The number of benzene rings is 1. The number of hydrogen-bond acceptors (Lipinski definition) is 4. The van der Waals surface area contributed by atoms with Gasteiger partial charge in [-0.1, -0.05) is 26.3 Å². The van der Waals surface area contributed by atoms with E-state index in [1.807, 2.05) is 25.1 Å². The van der Waals surface area contributed by atoms with Crippen LogP contribution in [0.4, 0.5) is 11.5 Å². The molecule has 0 saturated carbocycles. The van der Waals surface area contributed by atoms with E-state index in [0.29, 0.717) is 18.2 Å². The molecule has 1 unspecified atom stereocenters. The highest BCUT2D eigenvalue weighted by Gasteiger charge is 2.21. The predicted octanol–water partition coefficient (Wildman–Crippen LogP) is 3.51. The van der Waals surface area contributed by atoms with Crippen LogP contribution >= 0.6 is 0 Å². The fourth-order valence-electron chi connectivity index (χ4n) is 3.01. The summed E-state index contributed by atoms with van der Waals surface area (Å²) in [4.78, 5) is 21.5. The first-order valence-electron chi connectivity index (χ1n) is 8.54. The van der Waals surface area contributed by atoms with Gasteiger partial charge in [-0.3, -0.25) is 4.79 Å². The molecule has 0 radical (unpaired) electrons. The molecule has 3 N–H and O–H groups in total. The number of carbonyl (C=O) groups is 1. The summed E-state index contributed by atoms with van der Waals surface area (Å²) in [6.07, 6.45) is 3.21. The van der Waals surface area contributed by atoms with Gasteiger partial charge in [-0.25, -0.2) is 9.97 Å². The summed E-state index contributed by atoms with van der Waals surface area (Å²) in [7, 11) is 0. The van der Waals surface area contributed by atoms with E-state index in [-0.39, 0.29) is 5.91 Å². The average molecular weight is 324 g/mol. The first-order valence-corrected chi connectivity index (χ1v) is 8.54. The smallest absolute Gasteiger partial charge is 0.225 e. The third-order valence-corrected chi connectivity index (χ3v) is 4.65. The number of aryl methyl sites for hydroxylation is 3. The molecule has 1 amide bonds. The molecule has 2 aromatic rings. The summed E-state index contributed by atoms with van der Waals surface area (Å²) in [5, 5.41) is 2.93. The van der Waals surface area contributed by atoms with Crippen molar-refractivity contribution in [3.05, 3.63) is 35.2 Å². The van der Waals surface area contributed by atoms with Crippen LogP contribution in [0.1, 0.15) is 43.6 Å². The van der Waals surface area contributed by atoms with Crippen LogP contribution in [0.15, 0.2) is 18.2 Å². The summed E-state index contributed by atoms with van der Waals surface area (Å²) in [5.74, 6) is 0.958. The lowest BCUT2D eigenvalue weighted by atomic mass is 9.91. The maximum absolute atomic E-state index is 12.1. The highest BCUT2D eigenvalue weighted by molar-refractivity contribution is 5.90. The second kappa shape index (κ2) is 6.59.